The number of carbonyl (C=O) groups excluding carboxylic acids is 1. The highest BCUT2D eigenvalue weighted by Gasteiger charge is 2.13. The Bertz CT molecular complexity index is 891. The number of hydrazone groups is 1. The van der Waals surface area contributed by atoms with Crippen LogP contribution < -0.4 is 20.7 Å². The summed E-state index contributed by atoms with van der Waals surface area (Å²) in [4.78, 5) is 12.5. The van der Waals surface area contributed by atoms with Gasteiger partial charge in [-0.05, 0) is 35.2 Å². The molecule has 0 atom stereocenters. The van der Waals surface area contributed by atoms with Gasteiger partial charge in [-0.2, -0.15) is 5.10 Å². The molecule has 0 aliphatic carbocycles. The van der Waals surface area contributed by atoms with E-state index in [1.807, 2.05) is 5.38 Å². The average molecular weight is 358 g/mol. The molecule has 2 aromatic heterocycles. The minimum Gasteiger partial charge on any atom is -0.493 e. The summed E-state index contributed by atoms with van der Waals surface area (Å²) in [6.45, 7) is 0. The van der Waals surface area contributed by atoms with E-state index >= 15 is 0 Å². The van der Waals surface area contributed by atoms with Gasteiger partial charge in [0.05, 0.1) is 13.3 Å². The lowest BCUT2D eigenvalue weighted by atomic mass is 10.2. The van der Waals surface area contributed by atoms with Crippen LogP contribution in [0.3, 0.4) is 0 Å². The quantitative estimate of drug-likeness (QED) is 0.226. The lowest BCUT2D eigenvalue weighted by Crippen LogP contribution is -2.10. The van der Waals surface area contributed by atoms with Crippen molar-refractivity contribution in [2.75, 3.05) is 18.4 Å². The van der Waals surface area contributed by atoms with Crippen LogP contribution in [0.1, 0.15) is 15.2 Å². The van der Waals surface area contributed by atoms with Crippen LogP contribution in [-0.2, 0) is 0 Å². The summed E-state index contributed by atoms with van der Waals surface area (Å²) in [6.07, 6.45) is 2.89. The second-order valence-corrected chi connectivity index (χ2v) is 5.66. The van der Waals surface area contributed by atoms with Crippen LogP contribution in [0.2, 0.25) is 0 Å². The number of anilines is 1. The Balaban J connectivity index is 1.71. The molecule has 3 rings (SSSR count). The summed E-state index contributed by atoms with van der Waals surface area (Å²) in [5.74, 6) is 6.16. The molecule has 25 heavy (non-hydrogen) atoms. The molecule has 0 saturated heterocycles. The smallest absolute Gasteiger partial charge is 0.353 e. The largest absolute Gasteiger partial charge is 0.493 e. The molecule has 0 bridgehead atoms. The summed E-state index contributed by atoms with van der Waals surface area (Å²) in [7, 11) is 1.49. The lowest BCUT2D eigenvalue weighted by Gasteiger charge is -2.09. The van der Waals surface area contributed by atoms with E-state index < -0.39 is 5.97 Å². The van der Waals surface area contributed by atoms with E-state index in [1.54, 1.807) is 36.5 Å². The molecule has 128 valence electrons. The molecule has 1 aromatic carbocycles. The number of carbonyl (C=O) groups is 1. The van der Waals surface area contributed by atoms with Gasteiger partial charge in [-0.1, -0.05) is 6.07 Å². The minimum atomic E-state index is -0.432. The molecule has 10 heteroatoms. The van der Waals surface area contributed by atoms with Crippen LogP contribution in [0.25, 0.3) is 0 Å². The number of nitrogens with two attached hydrogens (primary N) is 1. The maximum Gasteiger partial charge on any atom is 0.353 e. The van der Waals surface area contributed by atoms with Crippen molar-refractivity contribution in [3.63, 3.8) is 0 Å². The van der Waals surface area contributed by atoms with Crippen LogP contribution in [-0.4, -0.2) is 34.2 Å². The highest BCUT2D eigenvalue weighted by atomic mass is 32.1. The van der Waals surface area contributed by atoms with Gasteiger partial charge in [-0.3, -0.25) is 0 Å². The Morgan fingerprint density at radius 1 is 1.40 bits per heavy atom. The molecule has 3 N–H and O–H groups in total. The molecule has 2 heterocycles. The Labute approximate surface area is 146 Å². The number of nitrogen functional groups attached to an aromatic ring is 1. The molecule has 0 radical (unpaired) electrons. The van der Waals surface area contributed by atoms with E-state index in [0.717, 1.165) is 5.56 Å². The second kappa shape index (κ2) is 7.45. The van der Waals surface area contributed by atoms with Crippen LogP contribution in [0.5, 0.6) is 11.5 Å². The highest BCUT2D eigenvalue weighted by Crippen LogP contribution is 2.28. The first-order valence-corrected chi connectivity index (χ1v) is 7.93. The number of benzene rings is 1. The van der Waals surface area contributed by atoms with Gasteiger partial charge in [-0.15, -0.1) is 21.5 Å². The second-order valence-electron chi connectivity index (χ2n) is 4.71. The SMILES string of the molecule is COc1cc(/C=N/Nc2nncn2N)ccc1OC(=O)c1cccs1. The van der Waals surface area contributed by atoms with Crippen molar-refractivity contribution in [2.45, 2.75) is 0 Å². The van der Waals surface area contributed by atoms with Crippen molar-refractivity contribution >= 4 is 29.5 Å². The normalized spacial score (nSPS) is 10.8. The Morgan fingerprint density at radius 2 is 2.28 bits per heavy atom. The van der Waals surface area contributed by atoms with E-state index in [0.29, 0.717) is 22.3 Å². The number of hydrogen-bond donors (Lipinski definition) is 2. The number of hydrogen-bond acceptors (Lipinski definition) is 9. The molecule has 0 spiro atoms. The monoisotopic (exact) mass is 358 g/mol. The third-order valence-corrected chi connectivity index (χ3v) is 3.91. The first-order valence-electron chi connectivity index (χ1n) is 7.05. The summed E-state index contributed by atoms with van der Waals surface area (Å²) < 4.78 is 11.8. The van der Waals surface area contributed by atoms with Gasteiger partial charge in [0.25, 0.3) is 5.95 Å². The number of methoxy groups -OCH3 is 1. The van der Waals surface area contributed by atoms with Gasteiger partial charge in [-0.25, -0.2) is 14.9 Å². The average Bonchev–Trinajstić information content (AvgIpc) is 3.28. The Hall–Kier alpha value is -3.40. The van der Waals surface area contributed by atoms with Crippen molar-refractivity contribution in [1.82, 2.24) is 14.9 Å². The molecule has 0 unspecified atom stereocenters. The van der Waals surface area contributed by atoms with Gasteiger partial charge in [0.1, 0.15) is 11.2 Å². The minimum absolute atomic E-state index is 0.296. The predicted octanol–water partition coefficient (Wildman–Crippen LogP) is 1.73. The summed E-state index contributed by atoms with van der Waals surface area (Å²) in [5.41, 5.74) is 3.38. The van der Waals surface area contributed by atoms with Crippen molar-refractivity contribution in [2.24, 2.45) is 5.10 Å². The Morgan fingerprint density at radius 3 is 2.96 bits per heavy atom. The maximum absolute atomic E-state index is 12.0. The van der Waals surface area contributed by atoms with Crippen molar-refractivity contribution in [3.8, 4) is 11.5 Å². The predicted molar refractivity (Wildman–Crippen MR) is 93.7 cm³/mol. The lowest BCUT2D eigenvalue weighted by molar-refractivity contribution is 0.0735. The third-order valence-electron chi connectivity index (χ3n) is 3.06. The van der Waals surface area contributed by atoms with Gasteiger partial charge < -0.3 is 15.3 Å². The number of ether oxygens (including phenoxy) is 2. The fraction of sp³-hybridized carbons (Fsp3) is 0.0667. The summed E-state index contributed by atoms with van der Waals surface area (Å²) in [6, 6.07) is 8.54. The fourth-order valence-corrected chi connectivity index (χ4v) is 2.48. The van der Waals surface area contributed by atoms with Crippen LogP contribution in [0, 0.1) is 0 Å². The molecule has 0 amide bonds. The van der Waals surface area contributed by atoms with Gasteiger partial charge in [0.15, 0.2) is 11.5 Å². The first kappa shape index (κ1) is 16.5. The number of nitrogens with one attached hydrogen (secondary N) is 1. The highest BCUT2D eigenvalue weighted by molar-refractivity contribution is 7.12. The molecule has 0 aliphatic rings. The van der Waals surface area contributed by atoms with E-state index in [4.69, 9.17) is 15.3 Å². The van der Waals surface area contributed by atoms with Gasteiger partial charge in [0, 0.05) is 0 Å². The number of nitrogens with zero attached hydrogens (tertiary/aromatic N) is 4. The topological polar surface area (TPSA) is 117 Å². The van der Waals surface area contributed by atoms with Crippen LogP contribution in [0.15, 0.2) is 47.1 Å². The van der Waals surface area contributed by atoms with E-state index in [9.17, 15) is 4.79 Å². The van der Waals surface area contributed by atoms with Crippen molar-refractivity contribution in [3.05, 3.63) is 52.5 Å². The number of rotatable bonds is 6. The zero-order valence-corrected chi connectivity index (χ0v) is 13.9. The third kappa shape index (κ3) is 3.93. The molecule has 0 fully saturated rings. The van der Waals surface area contributed by atoms with Crippen LogP contribution in [0.4, 0.5) is 5.95 Å². The van der Waals surface area contributed by atoms with Gasteiger partial charge >= 0.3 is 5.97 Å². The number of thiophene rings is 1. The zero-order chi connectivity index (χ0) is 17.6. The molecular weight excluding hydrogens is 344 g/mol. The maximum atomic E-state index is 12.0. The molecule has 0 saturated carbocycles. The molecular formula is C15H14N6O3S. The molecule has 9 nitrogen and oxygen atoms in total. The number of aromatic nitrogens is 3. The summed E-state index contributed by atoms with van der Waals surface area (Å²) in [5, 5.41) is 13.2. The van der Waals surface area contributed by atoms with Crippen LogP contribution >= 0.6 is 11.3 Å². The number of esters is 1. The fourth-order valence-electron chi connectivity index (χ4n) is 1.88. The zero-order valence-electron chi connectivity index (χ0n) is 13.1. The standard InChI is InChI=1S/C15H14N6O3S/c1-23-12-7-10(8-17-19-15-20-18-9-21(15)16)4-5-11(12)24-14(22)13-3-2-6-25-13/h2-9H,16H2,1H3,(H,19,20)/b17-8+. The molecule has 0 aliphatic heterocycles. The van der Waals surface area contributed by atoms with Crippen molar-refractivity contribution < 1.29 is 14.3 Å². The van der Waals surface area contributed by atoms with Crippen molar-refractivity contribution in [1.29, 1.82) is 0 Å². The van der Waals surface area contributed by atoms with Gasteiger partial charge in [0.2, 0.25) is 0 Å². The van der Waals surface area contributed by atoms with E-state index in [-0.39, 0.29) is 0 Å². The van der Waals surface area contributed by atoms with E-state index in [1.165, 1.54) is 29.5 Å². The molecule has 3 aromatic rings. The first-order chi connectivity index (χ1) is 12.2. The summed E-state index contributed by atoms with van der Waals surface area (Å²) >= 11 is 1.31. The Kier molecular flexibility index (Phi) is 4.90. The van der Waals surface area contributed by atoms with E-state index in [2.05, 4.69) is 20.7 Å².